The van der Waals surface area contributed by atoms with Crippen molar-refractivity contribution >= 4 is 11.5 Å². The number of aliphatic hydroxyl groups is 1. The van der Waals surface area contributed by atoms with E-state index in [1.807, 2.05) is 0 Å². The maximum Gasteiger partial charge on any atom is 0.284 e. The molecular formula is C13H13NO6. The fourth-order valence-electron chi connectivity index (χ4n) is 1.90. The van der Waals surface area contributed by atoms with Gasteiger partial charge in [0.05, 0.1) is 22.7 Å². The normalized spacial score (nSPS) is 14.5. The molecule has 0 amide bonds. The predicted molar refractivity (Wildman–Crippen MR) is 69.0 cm³/mol. The Morgan fingerprint density at radius 1 is 1.50 bits per heavy atom. The highest BCUT2D eigenvalue weighted by Gasteiger charge is 2.27. The number of aliphatic hydroxyl groups excluding tert-OH is 1. The number of fused-ring (bicyclic) bond motifs is 1. The number of nitro groups is 1. The molecule has 1 aromatic rings. The molecule has 0 aromatic heterocycles. The lowest BCUT2D eigenvalue weighted by molar-refractivity contribution is -0.385. The molecule has 0 fully saturated rings. The van der Waals surface area contributed by atoms with Crippen LogP contribution in [0.25, 0.3) is 0 Å². The fraction of sp³-hybridized carbons (Fsp3) is 0.308. The maximum atomic E-state index is 12.1. The van der Waals surface area contributed by atoms with Gasteiger partial charge in [-0.2, -0.15) is 0 Å². The van der Waals surface area contributed by atoms with E-state index >= 15 is 0 Å². The zero-order valence-electron chi connectivity index (χ0n) is 10.7. The van der Waals surface area contributed by atoms with Crippen LogP contribution in [0.2, 0.25) is 0 Å². The maximum absolute atomic E-state index is 12.1. The third-order valence-corrected chi connectivity index (χ3v) is 2.80. The summed E-state index contributed by atoms with van der Waals surface area (Å²) in [6.45, 7) is 1.67. The minimum atomic E-state index is -0.975. The second-order valence-corrected chi connectivity index (χ2v) is 4.20. The van der Waals surface area contributed by atoms with Gasteiger partial charge in [-0.05, 0) is 6.92 Å². The highest BCUT2D eigenvalue weighted by Crippen LogP contribution is 2.38. The van der Waals surface area contributed by atoms with E-state index in [1.165, 1.54) is 12.1 Å². The number of hydrogen-bond donors (Lipinski definition) is 1. The monoisotopic (exact) mass is 279 g/mol. The van der Waals surface area contributed by atoms with Crippen molar-refractivity contribution in [3.63, 3.8) is 0 Å². The first kappa shape index (κ1) is 14.0. The van der Waals surface area contributed by atoms with Crippen molar-refractivity contribution in [3.05, 3.63) is 40.0 Å². The van der Waals surface area contributed by atoms with E-state index in [4.69, 9.17) is 9.47 Å². The number of hydrogen-bond acceptors (Lipinski definition) is 6. The Morgan fingerprint density at radius 3 is 2.75 bits per heavy atom. The second kappa shape index (κ2) is 5.70. The van der Waals surface area contributed by atoms with Gasteiger partial charge in [0.1, 0.15) is 0 Å². The molecule has 106 valence electrons. The lowest BCUT2D eigenvalue weighted by atomic mass is 10.0. The predicted octanol–water partition coefficient (Wildman–Crippen LogP) is 1.83. The number of benzene rings is 1. The van der Waals surface area contributed by atoms with Gasteiger partial charge in [0, 0.05) is 12.5 Å². The Bertz CT molecular complexity index is 580. The number of ketones is 1. The molecule has 0 aliphatic carbocycles. The molecule has 0 bridgehead atoms. The Morgan fingerprint density at radius 2 is 2.15 bits per heavy atom. The zero-order valence-corrected chi connectivity index (χ0v) is 10.7. The van der Waals surface area contributed by atoms with Crippen LogP contribution in [0.5, 0.6) is 11.5 Å². The van der Waals surface area contributed by atoms with Crippen molar-refractivity contribution in [3.8, 4) is 11.5 Å². The van der Waals surface area contributed by atoms with E-state index < -0.39 is 16.8 Å². The first-order chi connectivity index (χ1) is 9.52. The van der Waals surface area contributed by atoms with Crippen LogP contribution in [0, 0.1) is 10.1 Å². The number of allylic oxidation sites excluding steroid dienone is 1. The summed E-state index contributed by atoms with van der Waals surface area (Å²) in [6, 6.07) is 2.45. The lowest BCUT2D eigenvalue weighted by Crippen LogP contribution is -2.12. The minimum Gasteiger partial charge on any atom is -0.454 e. The van der Waals surface area contributed by atoms with Crippen LogP contribution in [-0.2, 0) is 0 Å². The van der Waals surface area contributed by atoms with E-state index in [0.29, 0.717) is 5.75 Å². The summed E-state index contributed by atoms with van der Waals surface area (Å²) in [5.74, 6) is 0.00215. The molecule has 0 saturated carbocycles. The molecule has 0 radical (unpaired) electrons. The number of carbonyl (C=O) groups excluding carboxylic acids is 1. The molecule has 0 saturated heterocycles. The molecule has 1 heterocycles. The third kappa shape index (κ3) is 2.77. The fourth-order valence-corrected chi connectivity index (χ4v) is 1.90. The molecule has 7 heteroatoms. The molecule has 1 N–H and O–H groups in total. The molecule has 7 nitrogen and oxygen atoms in total. The Labute approximate surface area is 114 Å². The molecule has 1 aliphatic heterocycles. The first-order valence-corrected chi connectivity index (χ1v) is 5.95. The topological polar surface area (TPSA) is 98.9 Å². The summed E-state index contributed by atoms with van der Waals surface area (Å²) in [7, 11) is 0. The van der Waals surface area contributed by atoms with Gasteiger partial charge in [-0.3, -0.25) is 14.9 Å². The zero-order chi connectivity index (χ0) is 14.7. The van der Waals surface area contributed by atoms with Gasteiger partial charge in [0.2, 0.25) is 6.79 Å². The summed E-state index contributed by atoms with van der Waals surface area (Å²) in [4.78, 5) is 22.4. The molecule has 1 aromatic carbocycles. The van der Waals surface area contributed by atoms with Crippen LogP contribution < -0.4 is 9.47 Å². The van der Waals surface area contributed by atoms with Crippen LogP contribution in [0.15, 0.2) is 24.3 Å². The van der Waals surface area contributed by atoms with Crippen LogP contribution in [-0.4, -0.2) is 28.7 Å². The summed E-state index contributed by atoms with van der Waals surface area (Å²) in [6.07, 6.45) is 1.84. The summed E-state index contributed by atoms with van der Waals surface area (Å²) >= 11 is 0. The Hall–Kier alpha value is -2.41. The molecule has 0 spiro atoms. The van der Waals surface area contributed by atoms with Crippen LogP contribution in [0.3, 0.4) is 0 Å². The van der Waals surface area contributed by atoms with Gasteiger partial charge in [0.25, 0.3) is 5.69 Å². The molecule has 20 heavy (non-hydrogen) atoms. The molecule has 2 rings (SSSR count). The third-order valence-electron chi connectivity index (χ3n) is 2.80. The van der Waals surface area contributed by atoms with E-state index in [1.54, 1.807) is 13.0 Å². The van der Waals surface area contributed by atoms with Crippen molar-refractivity contribution in [2.75, 3.05) is 6.79 Å². The SMILES string of the molecule is C/C=C/C(O)CC(=O)c1cc2c(cc1[N+](=O)[O-])OCO2. The van der Waals surface area contributed by atoms with Crippen LogP contribution >= 0.6 is 0 Å². The number of ether oxygens (including phenoxy) is 2. The van der Waals surface area contributed by atoms with Crippen LogP contribution in [0.4, 0.5) is 5.69 Å². The number of nitro benzene ring substituents is 1. The van der Waals surface area contributed by atoms with Gasteiger partial charge in [-0.25, -0.2) is 0 Å². The highest BCUT2D eigenvalue weighted by molar-refractivity contribution is 6.01. The summed E-state index contributed by atoms with van der Waals surface area (Å²) in [5, 5.41) is 20.6. The van der Waals surface area contributed by atoms with E-state index in [9.17, 15) is 20.0 Å². The van der Waals surface area contributed by atoms with Gasteiger partial charge in [-0.15, -0.1) is 0 Å². The molecule has 1 atom stereocenters. The number of rotatable bonds is 5. The van der Waals surface area contributed by atoms with Gasteiger partial charge >= 0.3 is 0 Å². The molecule has 1 aliphatic rings. The Balaban J connectivity index is 2.34. The van der Waals surface area contributed by atoms with Gasteiger partial charge in [-0.1, -0.05) is 12.2 Å². The van der Waals surface area contributed by atoms with Gasteiger partial charge < -0.3 is 14.6 Å². The quantitative estimate of drug-likeness (QED) is 0.382. The smallest absolute Gasteiger partial charge is 0.284 e. The summed E-state index contributed by atoms with van der Waals surface area (Å²) < 4.78 is 10.1. The highest BCUT2D eigenvalue weighted by atomic mass is 16.7. The number of Topliss-reactive ketones (excluding diaryl/α,β-unsaturated/α-hetero) is 1. The minimum absolute atomic E-state index is 0.0364. The van der Waals surface area contributed by atoms with Crippen molar-refractivity contribution in [2.45, 2.75) is 19.4 Å². The second-order valence-electron chi connectivity index (χ2n) is 4.20. The average molecular weight is 279 g/mol. The largest absolute Gasteiger partial charge is 0.454 e. The van der Waals surface area contributed by atoms with Crippen molar-refractivity contribution in [1.82, 2.24) is 0 Å². The molecular weight excluding hydrogens is 266 g/mol. The first-order valence-electron chi connectivity index (χ1n) is 5.95. The van der Waals surface area contributed by atoms with Crippen molar-refractivity contribution < 1.29 is 24.3 Å². The Kier molecular flexibility index (Phi) is 3.99. The van der Waals surface area contributed by atoms with E-state index in [2.05, 4.69) is 0 Å². The van der Waals surface area contributed by atoms with E-state index in [-0.39, 0.29) is 30.2 Å². The van der Waals surface area contributed by atoms with E-state index in [0.717, 1.165) is 6.07 Å². The van der Waals surface area contributed by atoms with Crippen LogP contribution in [0.1, 0.15) is 23.7 Å². The average Bonchev–Trinajstić information content (AvgIpc) is 2.84. The standard InChI is InChI=1S/C13H13NO6/c1-2-3-8(15)4-11(16)9-5-12-13(20-7-19-12)6-10(9)14(17)18/h2-3,5-6,8,15H,4,7H2,1H3/b3-2+. The van der Waals surface area contributed by atoms with Crippen molar-refractivity contribution in [1.29, 1.82) is 0 Å². The van der Waals surface area contributed by atoms with Gasteiger partial charge in [0.15, 0.2) is 17.3 Å². The summed E-state index contributed by atoms with van der Waals surface area (Å²) in [5.41, 5.74) is -0.449. The van der Waals surface area contributed by atoms with Crippen molar-refractivity contribution in [2.24, 2.45) is 0 Å². The molecule has 1 unspecified atom stereocenters. The number of nitrogens with zero attached hydrogens (tertiary/aromatic N) is 1. The lowest BCUT2D eigenvalue weighted by Gasteiger charge is -2.06. The number of carbonyl (C=O) groups is 1.